The monoisotopic (exact) mass is 222 g/mol. The Kier molecular flexibility index (Phi) is 3.93. The van der Waals surface area contributed by atoms with Gasteiger partial charge in [-0.1, -0.05) is 0 Å². The predicted octanol–water partition coefficient (Wildman–Crippen LogP) is 0.141. The van der Waals surface area contributed by atoms with Crippen molar-refractivity contribution in [3.8, 4) is 0 Å². The van der Waals surface area contributed by atoms with E-state index in [0.717, 1.165) is 32.5 Å². The van der Waals surface area contributed by atoms with Gasteiger partial charge < -0.3 is 10.6 Å². The minimum absolute atomic E-state index is 0.184. The van der Waals surface area contributed by atoms with Gasteiger partial charge in [0.2, 0.25) is 5.91 Å². The Morgan fingerprint density at radius 1 is 1.62 bits per heavy atom. The first-order valence-corrected chi connectivity index (χ1v) is 5.82. The third-order valence-corrected chi connectivity index (χ3v) is 2.78. The van der Waals surface area contributed by atoms with Crippen LogP contribution in [0.1, 0.15) is 19.3 Å². The van der Waals surface area contributed by atoms with Gasteiger partial charge in [0, 0.05) is 37.9 Å². The average Bonchev–Trinajstić information content (AvgIpc) is 2.89. The normalized spacial score (nSPS) is 20.0. The summed E-state index contributed by atoms with van der Waals surface area (Å²) in [5, 5.41) is 10.4. The fourth-order valence-corrected chi connectivity index (χ4v) is 1.91. The van der Waals surface area contributed by atoms with E-state index in [1.807, 2.05) is 16.9 Å². The second kappa shape index (κ2) is 5.65. The van der Waals surface area contributed by atoms with E-state index in [1.165, 1.54) is 0 Å². The smallest absolute Gasteiger partial charge is 0.220 e. The highest BCUT2D eigenvalue weighted by Gasteiger charge is 2.19. The molecule has 0 saturated carbocycles. The first kappa shape index (κ1) is 11.1. The zero-order valence-electron chi connectivity index (χ0n) is 9.35. The minimum Gasteiger partial charge on any atom is -0.352 e. The Hall–Kier alpha value is -1.36. The summed E-state index contributed by atoms with van der Waals surface area (Å²) >= 11 is 0. The van der Waals surface area contributed by atoms with Crippen molar-refractivity contribution in [2.75, 3.05) is 13.1 Å². The molecule has 1 aliphatic heterocycles. The number of nitrogens with one attached hydrogen (secondary N) is 2. The molecule has 16 heavy (non-hydrogen) atoms. The Balaban J connectivity index is 1.51. The number of amides is 1. The van der Waals surface area contributed by atoms with E-state index in [4.69, 9.17) is 0 Å². The molecule has 0 spiro atoms. The molecule has 0 bridgehead atoms. The van der Waals surface area contributed by atoms with Gasteiger partial charge in [0.1, 0.15) is 0 Å². The van der Waals surface area contributed by atoms with Gasteiger partial charge in [0.25, 0.3) is 0 Å². The molecule has 5 heteroatoms. The highest BCUT2D eigenvalue weighted by atomic mass is 16.1. The lowest BCUT2D eigenvalue weighted by Crippen LogP contribution is -2.36. The molecule has 0 aliphatic carbocycles. The van der Waals surface area contributed by atoms with Gasteiger partial charge in [-0.2, -0.15) is 5.10 Å². The van der Waals surface area contributed by atoms with Gasteiger partial charge in [0.05, 0.1) is 0 Å². The van der Waals surface area contributed by atoms with Crippen LogP contribution in [0.4, 0.5) is 0 Å². The largest absolute Gasteiger partial charge is 0.352 e. The van der Waals surface area contributed by atoms with Crippen LogP contribution in [0.25, 0.3) is 0 Å². The molecule has 2 heterocycles. The number of nitrogens with zero attached hydrogens (tertiary/aromatic N) is 2. The second-order valence-corrected chi connectivity index (χ2v) is 4.13. The van der Waals surface area contributed by atoms with Crippen LogP contribution in [0, 0.1) is 0 Å². The van der Waals surface area contributed by atoms with Crippen molar-refractivity contribution in [3.63, 3.8) is 0 Å². The molecule has 0 aromatic carbocycles. The van der Waals surface area contributed by atoms with Crippen molar-refractivity contribution < 1.29 is 4.79 Å². The first-order chi connectivity index (χ1) is 7.84. The molecule has 88 valence electrons. The maximum absolute atomic E-state index is 10.9. The molecule has 1 aromatic rings. The Bertz CT molecular complexity index is 323. The summed E-state index contributed by atoms with van der Waals surface area (Å²) < 4.78 is 1.93. The van der Waals surface area contributed by atoms with E-state index in [1.54, 1.807) is 6.20 Å². The molecule has 1 unspecified atom stereocenters. The fourth-order valence-electron chi connectivity index (χ4n) is 1.91. The van der Waals surface area contributed by atoms with E-state index in [-0.39, 0.29) is 5.91 Å². The van der Waals surface area contributed by atoms with Crippen molar-refractivity contribution in [1.82, 2.24) is 20.4 Å². The van der Waals surface area contributed by atoms with Crippen LogP contribution < -0.4 is 10.6 Å². The molecule has 2 N–H and O–H groups in total. The predicted molar refractivity (Wildman–Crippen MR) is 60.9 cm³/mol. The molecule has 1 aliphatic rings. The number of carbonyl (C=O) groups excluding carboxylic acids is 1. The number of aromatic nitrogens is 2. The van der Waals surface area contributed by atoms with Gasteiger partial charge in [-0.05, 0) is 25.5 Å². The van der Waals surface area contributed by atoms with Gasteiger partial charge in [-0.3, -0.25) is 9.48 Å². The Morgan fingerprint density at radius 3 is 3.25 bits per heavy atom. The third-order valence-electron chi connectivity index (χ3n) is 2.78. The van der Waals surface area contributed by atoms with Crippen LogP contribution >= 0.6 is 0 Å². The topological polar surface area (TPSA) is 59.0 Å². The van der Waals surface area contributed by atoms with Gasteiger partial charge >= 0.3 is 0 Å². The van der Waals surface area contributed by atoms with Crippen molar-refractivity contribution >= 4 is 5.91 Å². The van der Waals surface area contributed by atoms with E-state index in [0.29, 0.717) is 12.5 Å². The summed E-state index contributed by atoms with van der Waals surface area (Å²) in [5.41, 5.74) is 0. The lowest BCUT2D eigenvalue weighted by molar-refractivity contribution is -0.119. The van der Waals surface area contributed by atoms with Crippen molar-refractivity contribution in [2.24, 2.45) is 0 Å². The molecular weight excluding hydrogens is 204 g/mol. The van der Waals surface area contributed by atoms with Crippen molar-refractivity contribution in [1.29, 1.82) is 0 Å². The van der Waals surface area contributed by atoms with Gasteiger partial charge in [0.15, 0.2) is 0 Å². The maximum atomic E-state index is 10.9. The summed E-state index contributed by atoms with van der Waals surface area (Å²) in [7, 11) is 0. The molecule has 2 rings (SSSR count). The number of rotatable bonds is 6. The van der Waals surface area contributed by atoms with Gasteiger partial charge in [-0.15, -0.1) is 0 Å². The number of hydrogen-bond donors (Lipinski definition) is 2. The zero-order valence-corrected chi connectivity index (χ0v) is 9.35. The van der Waals surface area contributed by atoms with Crippen molar-refractivity contribution in [2.45, 2.75) is 31.8 Å². The summed E-state index contributed by atoms with van der Waals surface area (Å²) in [5.74, 6) is 0.184. The Labute approximate surface area is 95.2 Å². The van der Waals surface area contributed by atoms with Gasteiger partial charge in [-0.25, -0.2) is 0 Å². The van der Waals surface area contributed by atoms with Crippen LogP contribution in [-0.4, -0.2) is 34.8 Å². The summed E-state index contributed by atoms with van der Waals surface area (Å²) in [6, 6.07) is 2.26. The molecule has 1 fully saturated rings. The second-order valence-electron chi connectivity index (χ2n) is 4.13. The quantitative estimate of drug-likeness (QED) is 0.673. The maximum Gasteiger partial charge on any atom is 0.220 e. The van der Waals surface area contributed by atoms with E-state index in [9.17, 15) is 4.79 Å². The minimum atomic E-state index is 0.184. The lowest BCUT2D eigenvalue weighted by Gasteiger charge is -2.10. The molecule has 1 amide bonds. The van der Waals surface area contributed by atoms with Crippen LogP contribution in [0.3, 0.4) is 0 Å². The van der Waals surface area contributed by atoms with Crippen LogP contribution in [0.15, 0.2) is 18.5 Å². The van der Waals surface area contributed by atoms with E-state index < -0.39 is 0 Å². The first-order valence-electron chi connectivity index (χ1n) is 5.82. The highest BCUT2D eigenvalue weighted by Crippen LogP contribution is 2.04. The molecule has 1 atom stereocenters. The number of carbonyl (C=O) groups is 1. The third kappa shape index (κ3) is 3.34. The summed E-state index contributed by atoms with van der Waals surface area (Å²) in [6.45, 7) is 2.79. The van der Waals surface area contributed by atoms with Crippen LogP contribution in [0.5, 0.6) is 0 Å². The summed E-state index contributed by atoms with van der Waals surface area (Å²) in [6.07, 6.45) is 6.46. The molecule has 0 radical (unpaired) electrons. The SMILES string of the molecule is O=C1CCC(CNCCCn2cccn2)N1. The Morgan fingerprint density at radius 2 is 2.56 bits per heavy atom. The molecule has 1 saturated heterocycles. The summed E-state index contributed by atoms with van der Waals surface area (Å²) in [4.78, 5) is 10.9. The molecule has 5 nitrogen and oxygen atoms in total. The van der Waals surface area contributed by atoms with E-state index in [2.05, 4.69) is 15.7 Å². The number of hydrogen-bond acceptors (Lipinski definition) is 3. The standard InChI is InChI=1S/C11H18N4O/c16-11-4-3-10(14-11)9-12-5-1-7-15-8-2-6-13-15/h2,6,8,10,12H,1,3-5,7,9H2,(H,14,16). The highest BCUT2D eigenvalue weighted by molar-refractivity contribution is 5.78. The van der Waals surface area contributed by atoms with Crippen molar-refractivity contribution in [3.05, 3.63) is 18.5 Å². The van der Waals surface area contributed by atoms with Crippen LogP contribution in [-0.2, 0) is 11.3 Å². The molecular formula is C11H18N4O. The lowest BCUT2D eigenvalue weighted by atomic mass is 10.2. The zero-order chi connectivity index (χ0) is 11.2. The number of aryl methyl sites for hydroxylation is 1. The average molecular weight is 222 g/mol. The molecule has 1 aromatic heterocycles. The fraction of sp³-hybridized carbons (Fsp3) is 0.636. The van der Waals surface area contributed by atoms with E-state index >= 15 is 0 Å². The van der Waals surface area contributed by atoms with Crippen LogP contribution in [0.2, 0.25) is 0 Å².